The molecule has 0 aliphatic rings. The molecule has 4 heteroatoms. The van der Waals surface area contributed by atoms with Crippen LogP contribution in [0.5, 0.6) is 0 Å². The molecule has 0 aromatic carbocycles. The van der Waals surface area contributed by atoms with Gasteiger partial charge in [-0.05, 0) is 27.1 Å². The number of amides is 1. The van der Waals surface area contributed by atoms with Crippen LogP contribution in [0.2, 0.25) is 0 Å². The molecule has 1 unspecified atom stereocenters. The zero-order valence-electron chi connectivity index (χ0n) is 7.83. The largest absolute Gasteiger partial charge is 0.343 e. The van der Waals surface area contributed by atoms with Crippen molar-refractivity contribution in [1.82, 2.24) is 10.2 Å². The molecule has 1 atom stereocenters. The Balaban J connectivity index is 3.43. The number of carbonyl (C=O) groups excluding carboxylic acids is 1. The summed E-state index contributed by atoms with van der Waals surface area (Å²) in [6.07, 6.45) is 1.21. The van der Waals surface area contributed by atoms with Crippen molar-refractivity contribution in [2.75, 3.05) is 20.8 Å². The second-order valence-corrected chi connectivity index (χ2v) is 2.62. The summed E-state index contributed by atoms with van der Waals surface area (Å²) in [5.41, 5.74) is 0. The highest BCUT2D eigenvalue weighted by atomic mass is 16.5. The van der Waals surface area contributed by atoms with Crippen LogP contribution >= 0.6 is 0 Å². The summed E-state index contributed by atoms with van der Waals surface area (Å²) in [6, 6.07) is 0. The first-order valence-electron chi connectivity index (χ1n) is 3.76. The maximum atomic E-state index is 10.6. The van der Waals surface area contributed by atoms with Gasteiger partial charge in [0.15, 0.2) is 0 Å². The fourth-order valence-corrected chi connectivity index (χ4v) is 0.455. The monoisotopic (exact) mass is 172 g/mol. The lowest BCUT2D eigenvalue weighted by molar-refractivity contribution is -0.120. The molecule has 0 rings (SSSR count). The first-order valence-corrected chi connectivity index (χ1v) is 3.76. The Hall–Kier alpha value is -0.870. The third-order valence-corrected chi connectivity index (χ3v) is 1.48. The van der Waals surface area contributed by atoms with Crippen molar-refractivity contribution in [1.29, 1.82) is 0 Å². The van der Waals surface area contributed by atoms with Gasteiger partial charge in [0.25, 0.3) is 0 Å². The lowest BCUT2D eigenvalue weighted by Crippen LogP contribution is -2.33. The van der Waals surface area contributed by atoms with Crippen LogP contribution in [0.4, 0.5) is 0 Å². The van der Waals surface area contributed by atoms with Crippen molar-refractivity contribution in [2.45, 2.75) is 13.2 Å². The van der Waals surface area contributed by atoms with E-state index >= 15 is 0 Å². The molecule has 0 aromatic rings. The molecular weight excluding hydrogens is 156 g/mol. The van der Waals surface area contributed by atoms with E-state index in [4.69, 9.17) is 4.74 Å². The second-order valence-electron chi connectivity index (χ2n) is 2.62. The first-order chi connectivity index (χ1) is 5.57. The highest BCUT2D eigenvalue weighted by Gasteiger charge is 2.03. The van der Waals surface area contributed by atoms with E-state index in [9.17, 15) is 4.79 Å². The van der Waals surface area contributed by atoms with E-state index in [1.807, 2.05) is 25.9 Å². The second kappa shape index (κ2) is 5.74. The summed E-state index contributed by atoms with van der Waals surface area (Å²) in [7, 11) is 3.81. The van der Waals surface area contributed by atoms with Gasteiger partial charge in [0.05, 0.1) is 0 Å². The van der Waals surface area contributed by atoms with Gasteiger partial charge in [-0.15, -0.1) is 0 Å². The molecule has 0 heterocycles. The van der Waals surface area contributed by atoms with E-state index in [2.05, 4.69) is 11.9 Å². The standard InChI is InChI=1S/C8H16N2O2/c1-5-8(11)9-6-12-7(2)10(3)4/h5,7H,1,6H2,2-4H3,(H,9,11). The van der Waals surface area contributed by atoms with Gasteiger partial charge in [-0.2, -0.15) is 0 Å². The van der Waals surface area contributed by atoms with Gasteiger partial charge >= 0.3 is 0 Å². The minimum Gasteiger partial charge on any atom is -0.343 e. The zero-order valence-corrected chi connectivity index (χ0v) is 7.83. The molecule has 1 amide bonds. The first kappa shape index (κ1) is 11.1. The van der Waals surface area contributed by atoms with Crippen LogP contribution in [0.15, 0.2) is 12.7 Å². The number of nitrogens with one attached hydrogen (secondary N) is 1. The molecule has 0 saturated carbocycles. The van der Waals surface area contributed by atoms with Crippen LogP contribution in [-0.2, 0) is 9.53 Å². The highest BCUT2D eigenvalue weighted by Crippen LogP contribution is 1.91. The molecule has 0 fully saturated rings. The van der Waals surface area contributed by atoms with Crippen molar-refractivity contribution in [2.24, 2.45) is 0 Å². The van der Waals surface area contributed by atoms with Gasteiger partial charge in [-0.25, -0.2) is 0 Å². The van der Waals surface area contributed by atoms with Gasteiger partial charge in [-0.3, -0.25) is 9.69 Å². The number of carbonyl (C=O) groups is 1. The molecule has 12 heavy (non-hydrogen) atoms. The minimum absolute atomic E-state index is 0.00452. The molecule has 0 aliphatic carbocycles. The molecule has 4 nitrogen and oxygen atoms in total. The smallest absolute Gasteiger partial charge is 0.245 e. The molecule has 70 valence electrons. The van der Waals surface area contributed by atoms with Crippen molar-refractivity contribution in [3.8, 4) is 0 Å². The van der Waals surface area contributed by atoms with Crippen LogP contribution in [0.1, 0.15) is 6.92 Å². The maximum Gasteiger partial charge on any atom is 0.245 e. The SMILES string of the molecule is C=CC(=O)NCOC(C)N(C)C. The Labute approximate surface area is 73.2 Å². The normalized spacial score (nSPS) is 12.7. The zero-order chi connectivity index (χ0) is 9.56. The molecule has 0 aromatic heterocycles. The van der Waals surface area contributed by atoms with E-state index in [0.717, 1.165) is 0 Å². The van der Waals surface area contributed by atoms with Crippen LogP contribution in [0, 0.1) is 0 Å². The van der Waals surface area contributed by atoms with Crippen molar-refractivity contribution in [3.05, 3.63) is 12.7 Å². The lowest BCUT2D eigenvalue weighted by atomic mass is 10.6. The summed E-state index contributed by atoms with van der Waals surface area (Å²) >= 11 is 0. The fourth-order valence-electron chi connectivity index (χ4n) is 0.455. The molecule has 1 N–H and O–H groups in total. The van der Waals surface area contributed by atoms with E-state index in [-0.39, 0.29) is 18.9 Å². The number of hydrogen-bond donors (Lipinski definition) is 1. The Morgan fingerprint density at radius 2 is 2.33 bits per heavy atom. The molecule has 0 bridgehead atoms. The van der Waals surface area contributed by atoms with Crippen LogP contribution in [0.3, 0.4) is 0 Å². The molecule has 0 aliphatic heterocycles. The summed E-state index contributed by atoms with van der Waals surface area (Å²) in [5, 5.41) is 2.51. The average Bonchev–Trinajstić information content (AvgIpc) is 2.03. The highest BCUT2D eigenvalue weighted by molar-refractivity contribution is 5.86. The van der Waals surface area contributed by atoms with Crippen LogP contribution in [-0.4, -0.2) is 37.9 Å². The van der Waals surface area contributed by atoms with Crippen molar-refractivity contribution >= 4 is 5.91 Å². The lowest BCUT2D eigenvalue weighted by Gasteiger charge is -2.19. The summed E-state index contributed by atoms with van der Waals surface area (Å²) in [6.45, 7) is 5.43. The van der Waals surface area contributed by atoms with E-state index in [1.165, 1.54) is 6.08 Å². The third-order valence-electron chi connectivity index (χ3n) is 1.48. The van der Waals surface area contributed by atoms with Gasteiger partial charge < -0.3 is 10.1 Å². The summed E-state index contributed by atoms with van der Waals surface area (Å²) in [4.78, 5) is 12.5. The number of hydrogen-bond acceptors (Lipinski definition) is 3. The number of nitrogens with zero attached hydrogens (tertiary/aromatic N) is 1. The molecule has 0 radical (unpaired) electrons. The third kappa shape index (κ3) is 4.87. The minimum atomic E-state index is -0.221. The fraction of sp³-hybridized carbons (Fsp3) is 0.625. The van der Waals surface area contributed by atoms with E-state index in [1.54, 1.807) is 0 Å². The quantitative estimate of drug-likeness (QED) is 0.475. The topological polar surface area (TPSA) is 41.6 Å². The van der Waals surface area contributed by atoms with Gasteiger partial charge in [-0.1, -0.05) is 6.58 Å². The predicted molar refractivity (Wildman–Crippen MR) is 47.4 cm³/mol. The Kier molecular flexibility index (Phi) is 5.32. The summed E-state index contributed by atoms with van der Waals surface area (Å²) in [5.74, 6) is -0.221. The van der Waals surface area contributed by atoms with Gasteiger partial charge in [0, 0.05) is 0 Å². The molecule has 0 spiro atoms. The average molecular weight is 172 g/mol. The van der Waals surface area contributed by atoms with E-state index < -0.39 is 0 Å². The molecular formula is C8H16N2O2. The van der Waals surface area contributed by atoms with Gasteiger partial charge in [0.1, 0.15) is 13.0 Å². The van der Waals surface area contributed by atoms with E-state index in [0.29, 0.717) is 0 Å². The molecule has 0 saturated heterocycles. The summed E-state index contributed by atoms with van der Waals surface area (Å²) < 4.78 is 5.22. The predicted octanol–water partition coefficient (Wildman–Crippen LogP) is 0.170. The van der Waals surface area contributed by atoms with Crippen LogP contribution in [0.25, 0.3) is 0 Å². The van der Waals surface area contributed by atoms with Crippen LogP contribution < -0.4 is 5.32 Å². The van der Waals surface area contributed by atoms with Crippen molar-refractivity contribution < 1.29 is 9.53 Å². The van der Waals surface area contributed by atoms with Crippen molar-refractivity contribution in [3.63, 3.8) is 0 Å². The van der Waals surface area contributed by atoms with Gasteiger partial charge in [0.2, 0.25) is 5.91 Å². The Morgan fingerprint density at radius 1 is 1.75 bits per heavy atom. The Bertz CT molecular complexity index is 157. The Morgan fingerprint density at radius 3 is 2.75 bits per heavy atom. The number of ether oxygens (including phenoxy) is 1. The number of rotatable bonds is 5. The maximum absolute atomic E-state index is 10.6.